The van der Waals surface area contributed by atoms with Crippen LogP contribution >= 0.6 is 0 Å². The van der Waals surface area contributed by atoms with Crippen LogP contribution in [0.3, 0.4) is 0 Å². The van der Waals surface area contributed by atoms with Crippen LogP contribution in [-0.4, -0.2) is 0 Å². The number of hydrogen-bond donors (Lipinski definition) is 1. The minimum atomic E-state index is 0.700. The number of anilines is 1. The lowest BCUT2D eigenvalue weighted by Gasteiger charge is -1.96. The molecule has 17 heavy (non-hydrogen) atoms. The van der Waals surface area contributed by atoms with Crippen molar-refractivity contribution in [3.63, 3.8) is 0 Å². The van der Waals surface area contributed by atoms with E-state index in [-0.39, 0.29) is 0 Å². The van der Waals surface area contributed by atoms with Gasteiger partial charge in [0, 0.05) is 28.3 Å². The van der Waals surface area contributed by atoms with Crippen LogP contribution in [0.25, 0.3) is 22.3 Å². The van der Waals surface area contributed by atoms with E-state index in [1.807, 2.05) is 48.5 Å². The Bertz CT molecular complexity index is 668. The third kappa shape index (κ3) is 1.58. The average molecular weight is 222 g/mol. The summed E-state index contributed by atoms with van der Waals surface area (Å²) in [5.41, 5.74) is 9.17. The molecule has 0 aliphatic carbocycles. The maximum Gasteiger partial charge on any atom is 0.138 e. The van der Waals surface area contributed by atoms with Crippen LogP contribution in [0.2, 0.25) is 0 Å². The smallest absolute Gasteiger partial charge is 0.138 e. The van der Waals surface area contributed by atoms with Crippen LogP contribution in [0.4, 0.5) is 5.69 Å². The summed E-state index contributed by atoms with van der Waals surface area (Å²) in [6, 6.07) is 15.6. The maximum atomic E-state index is 5.82. The Kier molecular flexibility index (Phi) is 2.15. The largest absolute Gasteiger partial charge is 0.456 e. The Hall–Kier alpha value is -2.22. The molecule has 3 aromatic rings. The molecule has 1 heterocycles. The Morgan fingerprint density at radius 3 is 2.53 bits per heavy atom. The molecule has 2 nitrogen and oxygen atoms in total. The van der Waals surface area contributed by atoms with Gasteiger partial charge >= 0.3 is 0 Å². The zero-order valence-electron chi connectivity index (χ0n) is 9.31. The van der Waals surface area contributed by atoms with Gasteiger partial charge in [-0.25, -0.2) is 0 Å². The molecule has 0 atom stereocenters. The molecule has 1 aromatic heterocycles. The number of hydrogen-bond acceptors (Lipinski definition) is 2. The second-order valence-corrected chi connectivity index (χ2v) is 4.03. The van der Waals surface area contributed by atoms with Crippen molar-refractivity contribution >= 4 is 16.7 Å². The summed E-state index contributed by atoms with van der Waals surface area (Å²) in [6.07, 6.45) is 0. The Labute approximate surface area is 99.7 Å². The minimum absolute atomic E-state index is 0.700. The van der Waals surface area contributed by atoms with Gasteiger partial charge in [0.15, 0.2) is 0 Å². The molecule has 0 saturated carbocycles. The highest BCUT2D eigenvalue weighted by Gasteiger charge is 2.11. The van der Waals surface area contributed by atoms with Gasteiger partial charge in [0.05, 0.1) is 0 Å². The first-order valence-corrected chi connectivity index (χ1v) is 5.45. The lowest BCUT2D eigenvalue weighted by atomic mass is 10.1. The molecule has 0 fully saturated rings. The van der Waals surface area contributed by atoms with E-state index < -0.39 is 0 Å². The summed E-state index contributed by atoms with van der Waals surface area (Å²) in [5.74, 6) is 0.811. The van der Waals surface area contributed by atoms with Crippen molar-refractivity contribution in [3.8, 4) is 11.3 Å². The van der Waals surface area contributed by atoms with Gasteiger partial charge in [0.1, 0.15) is 11.3 Å². The Balaban J connectivity index is 2.28. The Morgan fingerprint density at radius 1 is 1.00 bits per heavy atom. The molecule has 2 heteroatoms. The molecule has 0 spiro atoms. The van der Waals surface area contributed by atoms with E-state index in [1.165, 1.54) is 0 Å². The van der Waals surface area contributed by atoms with E-state index in [2.05, 4.69) is 6.92 Å². The summed E-state index contributed by atoms with van der Waals surface area (Å²) in [5, 5.41) is 1.01. The molecule has 0 bridgehead atoms. The molecule has 0 aliphatic rings. The van der Waals surface area contributed by atoms with E-state index in [0.717, 1.165) is 27.9 Å². The van der Waals surface area contributed by atoms with Crippen LogP contribution in [0.15, 0.2) is 52.9 Å². The van der Waals surface area contributed by atoms with Crippen LogP contribution in [0, 0.1) is 6.92 Å². The van der Waals surface area contributed by atoms with Crippen LogP contribution in [0.1, 0.15) is 5.56 Å². The highest BCUT2D eigenvalue weighted by molar-refractivity contribution is 5.90. The molecular formula is C15H12NO. The number of nitrogens with two attached hydrogens (primary N) is 1. The van der Waals surface area contributed by atoms with Crippen molar-refractivity contribution in [1.82, 2.24) is 0 Å². The molecule has 0 saturated heterocycles. The van der Waals surface area contributed by atoms with Crippen molar-refractivity contribution < 1.29 is 4.42 Å². The SMILES string of the molecule is [CH2]c1c(-c2ccccc2)oc2cc(N)ccc12. The topological polar surface area (TPSA) is 39.2 Å². The third-order valence-corrected chi connectivity index (χ3v) is 2.85. The van der Waals surface area contributed by atoms with Gasteiger partial charge in [-0.05, 0) is 19.1 Å². The first-order chi connectivity index (χ1) is 8.25. The van der Waals surface area contributed by atoms with Gasteiger partial charge in [-0.1, -0.05) is 30.3 Å². The second kappa shape index (κ2) is 3.67. The first kappa shape index (κ1) is 9.97. The van der Waals surface area contributed by atoms with Crippen molar-refractivity contribution in [2.75, 3.05) is 5.73 Å². The fraction of sp³-hybridized carbons (Fsp3) is 0. The highest BCUT2D eigenvalue weighted by atomic mass is 16.3. The molecule has 2 N–H and O–H groups in total. The van der Waals surface area contributed by atoms with Crippen LogP contribution in [-0.2, 0) is 0 Å². The zero-order valence-corrected chi connectivity index (χ0v) is 9.31. The highest BCUT2D eigenvalue weighted by Crippen LogP contribution is 2.33. The summed E-state index contributed by atoms with van der Waals surface area (Å²) in [6.45, 7) is 4.08. The maximum absolute atomic E-state index is 5.82. The molecule has 0 aliphatic heterocycles. The molecule has 1 radical (unpaired) electrons. The van der Waals surface area contributed by atoms with Crippen molar-refractivity contribution in [3.05, 3.63) is 61.0 Å². The van der Waals surface area contributed by atoms with E-state index in [4.69, 9.17) is 10.2 Å². The first-order valence-electron chi connectivity index (χ1n) is 5.45. The van der Waals surface area contributed by atoms with Crippen molar-refractivity contribution in [2.45, 2.75) is 0 Å². The molecular weight excluding hydrogens is 210 g/mol. The number of benzene rings is 2. The minimum Gasteiger partial charge on any atom is -0.456 e. The molecule has 0 amide bonds. The summed E-state index contributed by atoms with van der Waals surface area (Å²) >= 11 is 0. The lowest BCUT2D eigenvalue weighted by molar-refractivity contribution is 0.630. The standard InChI is InChI=1S/C15H12NO/c1-10-13-8-7-12(16)9-14(13)17-15(10)11-5-3-2-4-6-11/h2-9H,1,16H2. The molecule has 2 aromatic carbocycles. The molecule has 3 rings (SSSR count). The predicted molar refractivity (Wildman–Crippen MR) is 70.5 cm³/mol. The average Bonchev–Trinajstić information content (AvgIpc) is 2.67. The molecule has 83 valence electrons. The summed E-state index contributed by atoms with van der Waals surface area (Å²) < 4.78 is 5.82. The van der Waals surface area contributed by atoms with Crippen molar-refractivity contribution in [2.24, 2.45) is 0 Å². The summed E-state index contributed by atoms with van der Waals surface area (Å²) in [7, 11) is 0. The fourth-order valence-electron chi connectivity index (χ4n) is 1.99. The molecule has 0 unspecified atom stereocenters. The fourth-order valence-corrected chi connectivity index (χ4v) is 1.99. The normalized spacial score (nSPS) is 10.9. The zero-order chi connectivity index (χ0) is 11.8. The van der Waals surface area contributed by atoms with E-state index in [0.29, 0.717) is 5.69 Å². The number of furan rings is 1. The predicted octanol–water partition coefficient (Wildman–Crippen LogP) is 3.86. The Morgan fingerprint density at radius 2 is 1.76 bits per heavy atom. The van der Waals surface area contributed by atoms with Gasteiger partial charge in [0.25, 0.3) is 0 Å². The summed E-state index contributed by atoms with van der Waals surface area (Å²) in [4.78, 5) is 0. The van der Waals surface area contributed by atoms with Crippen LogP contribution in [0.5, 0.6) is 0 Å². The van der Waals surface area contributed by atoms with Gasteiger partial charge in [-0.15, -0.1) is 0 Å². The monoisotopic (exact) mass is 222 g/mol. The van der Waals surface area contributed by atoms with E-state index in [1.54, 1.807) is 0 Å². The van der Waals surface area contributed by atoms with Gasteiger partial charge < -0.3 is 10.2 Å². The van der Waals surface area contributed by atoms with Crippen LogP contribution < -0.4 is 5.73 Å². The van der Waals surface area contributed by atoms with Gasteiger partial charge in [-0.2, -0.15) is 0 Å². The third-order valence-electron chi connectivity index (χ3n) is 2.85. The second-order valence-electron chi connectivity index (χ2n) is 4.03. The van der Waals surface area contributed by atoms with E-state index >= 15 is 0 Å². The van der Waals surface area contributed by atoms with Gasteiger partial charge in [0.2, 0.25) is 0 Å². The van der Waals surface area contributed by atoms with Crippen molar-refractivity contribution in [1.29, 1.82) is 0 Å². The van der Waals surface area contributed by atoms with Gasteiger partial charge in [-0.3, -0.25) is 0 Å². The lowest BCUT2D eigenvalue weighted by Crippen LogP contribution is -1.81. The number of rotatable bonds is 1. The number of fused-ring (bicyclic) bond motifs is 1. The quantitative estimate of drug-likeness (QED) is 0.635. The number of nitrogen functional groups attached to an aromatic ring is 1. The van der Waals surface area contributed by atoms with E-state index in [9.17, 15) is 0 Å².